The Hall–Kier alpha value is -1.36. The summed E-state index contributed by atoms with van der Waals surface area (Å²) in [6.45, 7) is 4.29. The molecule has 2 rings (SSSR count). The molecule has 1 aliphatic rings. The molecule has 0 saturated heterocycles. The Kier molecular flexibility index (Phi) is 3.24. The summed E-state index contributed by atoms with van der Waals surface area (Å²) in [6.07, 6.45) is 5.51. The van der Waals surface area contributed by atoms with Gasteiger partial charge < -0.3 is 5.32 Å². The topological polar surface area (TPSA) is 75.9 Å². The fourth-order valence-electron chi connectivity index (χ4n) is 2.19. The van der Waals surface area contributed by atoms with Crippen molar-refractivity contribution in [2.24, 2.45) is 11.8 Å². The van der Waals surface area contributed by atoms with Crippen LogP contribution in [0.2, 0.25) is 0 Å². The Bertz CT molecular complexity index is 365. The fourth-order valence-corrected chi connectivity index (χ4v) is 2.19. The van der Waals surface area contributed by atoms with Crippen molar-refractivity contribution in [2.75, 3.05) is 10.7 Å². The Morgan fingerprint density at radius 2 is 2.25 bits per heavy atom. The van der Waals surface area contributed by atoms with Crippen molar-refractivity contribution in [3.8, 4) is 0 Å². The van der Waals surface area contributed by atoms with E-state index in [0.29, 0.717) is 12.0 Å². The SMILES string of the molecule is Cc1cnc(NN)nc1NC1CCC(C)C1. The first kappa shape index (κ1) is 11.1. The zero-order valence-electron chi connectivity index (χ0n) is 9.83. The Labute approximate surface area is 95.8 Å². The Morgan fingerprint density at radius 3 is 2.88 bits per heavy atom. The van der Waals surface area contributed by atoms with Gasteiger partial charge >= 0.3 is 0 Å². The van der Waals surface area contributed by atoms with Gasteiger partial charge in [-0.15, -0.1) is 0 Å². The number of nitrogens with zero attached hydrogens (tertiary/aromatic N) is 2. The summed E-state index contributed by atoms with van der Waals surface area (Å²) in [5, 5.41) is 3.47. The lowest BCUT2D eigenvalue weighted by molar-refractivity contribution is 0.602. The van der Waals surface area contributed by atoms with Crippen LogP contribution < -0.4 is 16.6 Å². The maximum atomic E-state index is 5.30. The average Bonchev–Trinajstić information content (AvgIpc) is 2.67. The molecular weight excluding hydrogens is 202 g/mol. The maximum absolute atomic E-state index is 5.30. The maximum Gasteiger partial charge on any atom is 0.239 e. The summed E-state index contributed by atoms with van der Waals surface area (Å²) in [4.78, 5) is 8.38. The fraction of sp³-hybridized carbons (Fsp3) is 0.636. The molecule has 0 amide bonds. The van der Waals surface area contributed by atoms with Crippen LogP contribution in [0.1, 0.15) is 31.7 Å². The number of nitrogens with one attached hydrogen (secondary N) is 2. The van der Waals surface area contributed by atoms with Gasteiger partial charge in [0.15, 0.2) is 0 Å². The third kappa shape index (κ3) is 2.41. The van der Waals surface area contributed by atoms with Gasteiger partial charge in [-0.05, 0) is 32.1 Å². The first-order valence-corrected chi connectivity index (χ1v) is 5.76. The highest BCUT2D eigenvalue weighted by atomic mass is 15.3. The van der Waals surface area contributed by atoms with Crippen molar-refractivity contribution in [1.82, 2.24) is 9.97 Å². The van der Waals surface area contributed by atoms with E-state index >= 15 is 0 Å². The molecule has 0 spiro atoms. The van der Waals surface area contributed by atoms with Gasteiger partial charge in [0.1, 0.15) is 5.82 Å². The molecule has 1 heterocycles. The number of rotatable bonds is 3. The monoisotopic (exact) mass is 221 g/mol. The van der Waals surface area contributed by atoms with Crippen LogP contribution in [0.4, 0.5) is 11.8 Å². The van der Waals surface area contributed by atoms with E-state index in [2.05, 4.69) is 27.6 Å². The molecule has 88 valence electrons. The standard InChI is InChI=1S/C11H19N5/c1-7-3-4-9(5-7)14-10-8(2)6-13-11(15-10)16-12/h6-7,9H,3-5,12H2,1-2H3,(H2,13,14,15,16). The molecule has 5 heteroatoms. The molecule has 0 radical (unpaired) electrons. The van der Waals surface area contributed by atoms with Crippen LogP contribution in [0.3, 0.4) is 0 Å². The van der Waals surface area contributed by atoms with Crippen molar-refractivity contribution in [3.63, 3.8) is 0 Å². The number of nitrogen functional groups attached to an aromatic ring is 1. The van der Waals surface area contributed by atoms with E-state index in [1.54, 1.807) is 6.20 Å². The lowest BCUT2D eigenvalue weighted by Crippen LogP contribution is -2.19. The van der Waals surface area contributed by atoms with Crippen molar-refractivity contribution in [1.29, 1.82) is 0 Å². The highest BCUT2D eigenvalue weighted by molar-refractivity contribution is 5.46. The quantitative estimate of drug-likeness (QED) is 0.534. The molecular formula is C11H19N5. The van der Waals surface area contributed by atoms with Gasteiger partial charge in [-0.1, -0.05) is 6.92 Å². The minimum Gasteiger partial charge on any atom is -0.367 e. The van der Waals surface area contributed by atoms with Gasteiger partial charge in [0.25, 0.3) is 0 Å². The molecule has 1 fully saturated rings. The molecule has 0 aromatic carbocycles. The van der Waals surface area contributed by atoms with Gasteiger partial charge in [-0.2, -0.15) is 4.98 Å². The van der Waals surface area contributed by atoms with E-state index in [1.807, 2.05) is 6.92 Å². The van der Waals surface area contributed by atoms with Crippen molar-refractivity contribution in [3.05, 3.63) is 11.8 Å². The van der Waals surface area contributed by atoms with Gasteiger partial charge in [0.05, 0.1) is 0 Å². The van der Waals surface area contributed by atoms with Gasteiger partial charge in [0.2, 0.25) is 5.95 Å². The zero-order chi connectivity index (χ0) is 11.5. The van der Waals surface area contributed by atoms with Crippen molar-refractivity contribution in [2.45, 2.75) is 39.2 Å². The second-order valence-corrected chi connectivity index (χ2v) is 4.63. The van der Waals surface area contributed by atoms with E-state index in [1.165, 1.54) is 19.3 Å². The molecule has 4 N–H and O–H groups in total. The summed E-state index contributed by atoms with van der Waals surface area (Å²) in [5.41, 5.74) is 3.52. The lowest BCUT2D eigenvalue weighted by Gasteiger charge is -2.15. The zero-order valence-corrected chi connectivity index (χ0v) is 9.83. The molecule has 2 atom stereocenters. The van der Waals surface area contributed by atoms with E-state index < -0.39 is 0 Å². The average molecular weight is 221 g/mol. The van der Waals surface area contributed by atoms with Crippen molar-refractivity contribution < 1.29 is 0 Å². The molecule has 16 heavy (non-hydrogen) atoms. The largest absolute Gasteiger partial charge is 0.367 e. The van der Waals surface area contributed by atoms with Gasteiger partial charge in [-0.25, -0.2) is 10.8 Å². The molecule has 1 aromatic heterocycles. The molecule has 2 unspecified atom stereocenters. The molecule has 1 saturated carbocycles. The van der Waals surface area contributed by atoms with Crippen LogP contribution in [-0.2, 0) is 0 Å². The number of aromatic nitrogens is 2. The predicted molar refractivity (Wildman–Crippen MR) is 65.0 cm³/mol. The minimum atomic E-state index is 0.458. The van der Waals surface area contributed by atoms with Gasteiger partial charge in [-0.3, -0.25) is 5.43 Å². The van der Waals surface area contributed by atoms with E-state index in [4.69, 9.17) is 5.84 Å². The van der Waals surface area contributed by atoms with E-state index in [0.717, 1.165) is 17.3 Å². The highest BCUT2D eigenvalue weighted by Crippen LogP contribution is 2.27. The third-order valence-electron chi connectivity index (χ3n) is 3.14. The minimum absolute atomic E-state index is 0.458. The van der Waals surface area contributed by atoms with Crippen molar-refractivity contribution >= 4 is 11.8 Å². The summed E-state index contributed by atoms with van der Waals surface area (Å²) in [6, 6.07) is 0.536. The van der Waals surface area contributed by atoms with E-state index in [-0.39, 0.29) is 0 Å². The first-order valence-electron chi connectivity index (χ1n) is 5.76. The Morgan fingerprint density at radius 1 is 1.44 bits per heavy atom. The number of hydrogen-bond donors (Lipinski definition) is 3. The number of hydrazine groups is 1. The summed E-state index contributed by atoms with van der Waals surface area (Å²) >= 11 is 0. The summed E-state index contributed by atoms with van der Waals surface area (Å²) in [5.74, 6) is 7.46. The second-order valence-electron chi connectivity index (χ2n) is 4.63. The predicted octanol–water partition coefficient (Wildman–Crippen LogP) is 1.67. The van der Waals surface area contributed by atoms with Gasteiger partial charge in [0, 0.05) is 17.8 Å². The number of anilines is 2. The molecule has 1 aromatic rings. The lowest BCUT2D eigenvalue weighted by atomic mass is 10.1. The third-order valence-corrected chi connectivity index (χ3v) is 3.14. The summed E-state index contributed by atoms with van der Waals surface area (Å²) in [7, 11) is 0. The van der Waals surface area contributed by atoms with Crippen LogP contribution in [0, 0.1) is 12.8 Å². The van der Waals surface area contributed by atoms with Crippen LogP contribution >= 0.6 is 0 Å². The number of hydrogen-bond acceptors (Lipinski definition) is 5. The summed E-state index contributed by atoms with van der Waals surface area (Å²) < 4.78 is 0. The molecule has 0 aliphatic heterocycles. The first-order chi connectivity index (χ1) is 7.69. The normalized spacial score (nSPS) is 24.4. The smallest absolute Gasteiger partial charge is 0.239 e. The second kappa shape index (κ2) is 4.65. The molecule has 0 bridgehead atoms. The number of nitrogens with two attached hydrogens (primary N) is 1. The number of aryl methyl sites for hydroxylation is 1. The molecule has 1 aliphatic carbocycles. The Balaban J connectivity index is 2.08. The van der Waals surface area contributed by atoms with E-state index in [9.17, 15) is 0 Å². The highest BCUT2D eigenvalue weighted by Gasteiger charge is 2.21. The van der Waals surface area contributed by atoms with Crippen LogP contribution in [0.25, 0.3) is 0 Å². The molecule has 5 nitrogen and oxygen atoms in total. The van der Waals surface area contributed by atoms with Crippen LogP contribution in [0.5, 0.6) is 0 Å². The van der Waals surface area contributed by atoms with Crippen LogP contribution in [0.15, 0.2) is 6.20 Å². The van der Waals surface area contributed by atoms with Crippen LogP contribution in [-0.4, -0.2) is 16.0 Å².